The Hall–Kier alpha value is -2.18. The van der Waals surface area contributed by atoms with Crippen molar-refractivity contribution in [3.63, 3.8) is 0 Å². The van der Waals surface area contributed by atoms with Gasteiger partial charge in [0, 0.05) is 5.41 Å². The van der Waals surface area contributed by atoms with Crippen molar-refractivity contribution in [2.75, 3.05) is 7.09 Å². The molecule has 0 aliphatic rings. The molecule has 0 heterocycles. The van der Waals surface area contributed by atoms with E-state index in [2.05, 4.69) is 6.07 Å². The van der Waals surface area contributed by atoms with Gasteiger partial charge in [-0.05, 0) is 35.4 Å². The largest absolute Gasteiger partial charge is 0.508 e. The van der Waals surface area contributed by atoms with Crippen molar-refractivity contribution in [2.45, 2.75) is 19.3 Å². The first-order chi connectivity index (χ1) is 10.4. The first-order valence-corrected chi connectivity index (χ1v) is 6.73. The summed E-state index contributed by atoms with van der Waals surface area (Å²) in [5.74, 6) is 0.443. The third-order valence-electron chi connectivity index (χ3n) is 3.62. The molecule has 0 bridgehead atoms. The average molecular weight is 303 g/mol. The smallest absolute Gasteiger partial charge is 0.155 e. The number of hydrogen-bond acceptors (Lipinski definition) is 3. The molecule has 4 heteroatoms. The van der Waals surface area contributed by atoms with Gasteiger partial charge in [-0.1, -0.05) is 37.6 Å². The summed E-state index contributed by atoms with van der Waals surface area (Å²) in [7, 11) is -0.297. The molecule has 0 aromatic heterocycles. The van der Waals surface area contributed by atoms with Gasteiger partial charge in [0.25, 0.3) is 0 Å². The maximum absolute atomic E-state index is 9.42. The summed E-state index contributed by atoms with van der Waals surface area (Å²) in [6.45, 7) is 4.02. The first kappa shape index (κ1) is 13.8. The summed E-state index contributed by atoms with van der Waals surface area (Å²) >= 11 is 6.21. The minimum atomic E-state index is -0.400. The lowest BCUT2D eigenvalue weighted by Gasteiger charge is -2.27. The number of rotatable bonds is 3. The van der Waals surface area contributed by atoms with Crippen molar-refractivity contribution >= 4 is 11.6 Å². The molecule has 2 rings (SSSR count). The average Bonchev–Trinajstić information content (AvgIpc) is 2.49. The van der Waals surface area contributed by atoms with Crippen molar-refractivity contribution in [3.8, 4) is 17.6 Å². The maximum Gasteiger partial charge on any atom is 0.155 e. The molecule has 0 atom stereocenters. The summed E-state index contributed by atoms with van der Waals surface area (Å²) in [6.07, 6.45) is 0. The van der Waals surface area contributed by atoms with Gasteiger partial charge in [0.2, 0.25) is 0 Å². The number of hydrogen-bond donors (Lipinski definition) is 1. The molecule has 0 aliphatic heterocycles. The molecular formula is C17H16ClNO2. The highest BCUT2D eigenvalue weighted by molar-refractivity contribution is 6.32. The van der Waals surface area contributed by atoms with Crippen molar-refractivity contribution in [1.82, 2.24) is 0 Å². The second-order valence-corrected chi connectivity index (χ2v) is 5.67. The highest BCUT2D eigenvalue weighted by Crippen LogP contribution is 2.38. The third kappa shape index (κ3) is 2.81. The van der Waals surface area contributed by atoms with Gasteiger partial charge in [0.1, 0.15) is 11.8 Å². The quantitative estimate of drug-likeness (QED) is 0.922. The van der Waals surface area contributed by atoms with E-state index in [4.69, 9.17) is 17.7 Å². The fraction of sp³-hybridized carbons (Fsp3) is 0.235. The molecule has 2 aromatic rings. The number of aromatic hydroxyl groups is 1. The van der Waals surface area contributed by atoms with E-state index in [1.165, 1.54) is 0 Å². The minimum absolute atomic E-state index is 0.203. The molecule has 108 valence electrons. The van der Waals surface area contributed by atoms with Gasteiger partial charge in [-0.15, -0.1) is 0 Å². The van der Waals surface area contributed by atoms with Gasteiger partial charge in [-0.25, -0.2) is 0 Å². The summed E-state index contributed by atoms with van der Waals surface area (Å²) in [4.78, 5) is 0. The topological polar surface area (TPSA) is 53.2 Å². The van der Waals surface area contributed by atoms with E-state index in [1.54, 1.807) is 24.3 Å². The molecule has 0 spiro atoms. The first-order valence-electron chi connectivity index (χ1n) is 7.06. The van der Waals surface area contributed by atoms with Gasteiger partial charge < -0.3 is 9.84 Å². The Morgan fingerprint density at radius 1 is 1.24 bits per heavy atom. The van der Waals surface area contributed by atoms with Gasteiger partial charge in [-0.2, -0.15) is 5.26 Å². The third-order valence-corrected chi connectivity index (χ3v) is 3.90. The van der Waals surface area contributed by atoms with Crippen LogP contribution in [0.3, 0.4) is 0 Å². The fourth-order valence-corrected chi connectivity index (χ4v) is 2.50. The van der Waals surface area contributed by atoms with Crippen molar-refractivity contribution < 1.29 is 11.2 Å². The van der Waals surface area contributed by atoms with Crippen LogP contribution in [0.4, 0.5) is 0 Å². The Labute approximate surface area is 130 Å². The molecule has 21 heavy (non-hydrogen) atoms. The Morgan fingerprint density at radius 2 is 1.90 bits per heavy atom. The van der Waals surface area contributed by atoms with Crippen molar-refractivity contribution in [3.05, 3.63) is 58.1 Å². The second kappa shape index (κ2) is 5.67. The Balaban J connectivity index is 2.54. The molecule has 0 amide bonds. The van der Waals surface area contributed by atoms with E-state index < -0.39 is 5.41 Å². The molecule has 3 nitrogen and oxygen atoms in total. The zero-order valence-corrected chi connectivity index (χ0v) is 12.6. The number of benzene rings is 2. The SMILES string of the molecule is [2H]COc1c(Cl)cc(C(C)(C)c2ccc(O)cc2)cc1C#N. The highest BCUT2D eigenvalue weighted by Gasteiger charge is 2.25. The van der Waals surface area contributed by atoms with Crippen LogP contribution in [0, 0.1) is 11.3 Å². The van der Waals surface area contributed by atoms with Crippen LogP contribution in [0.5, 0.6) is 11.5 Å². The number of phenolic OH excluding ortho intramolecular Hbond substituents is 1. The Bertz CT molecular complexity index is 721. The van der Waals surface area contributed by atoms with E-state index in [0.29, 0.717) is 10.6 Å². The number of methoxy groups -OCH3 is 1. The van der Waals surface area contributed by atoms with E-state index in [1.807, 2.05) is 26.0 Å². The second-order valence-electron chi connectivity index (χ2n) is 5.26. The molecule has 2 aromatic carbocycles. The highest BCUT2D eigenvalue weighted by atomic mass is 35.5. The number of phenols is 1. The molecule has 0 radical (unpaired) electrons. The van der Waals surface area contributed by atoms with Crippen LogP contribution < -0.4 is 4.74 Å². The van der Waals surface area contributed by atoms with Gasteiger partial charge in [0.15, 0.2) is 5.75 Å². The molecule has 1 N–H and O–H groups in total. The van der Waals surface area contributed by atoms with Crippen molar-refractivity contribution in [2.24, 2.45) is 0 Å². The monoisotopic (exact) mass is 302 g/mol. The van der Waals surface area contributed by atoms with Gasteiger partial charge >= 0.3 is 0 Å². The number of nitrogens with zero attached hydrogens (tertiary/aromatic N) is 1. The zero-order valence-electron chi connectivity index (χ0n) is 12.9. The van der Waals surface area contributed by atoms with Crippen LogP contribution in [0.15, 0.2) is 36.4 Å². The molecule has 0 fully saturated rings. The molecular weight excluding hydrogens is 286 g/mol. The standard InChI is InChI=1S/C17H16ClNO2/c1-17(2,12-4-6-14(20)7-5-12)13-8-11(10-19)16(21-3)15(18)9-13/h4-9,20H,1-3H3/i3D. The predicted octanol–water partition coefficient (Wildman–Crippen LogP) is 4.25. The van der Waals surface area contributed by atoms with Gasteiger partial charge in [-0.3, -0.25) is 0 Å². The molecule has 0 aliphatic carbocycles. The lowest BCUT2D eigenvalue weighted by atomic mass is 9.77. The number of nitriles is 1. The predicted molar refractivity (Wildman–Crippen MR) is 83.0 cm³/mol. The number of halogens is 1. The summed E-state index contributed by atoms with van der Waals surface area (Å²) < 4.78 is 12.3. The van der Waals surface area contributed by atoms with Crippen LogP contribution in [-0.2, 0) is 5.41 Å². The lowest BCUT2D eigenvalue weighted by Crippen LogP contribution is -2.19. The van der Waals surface area contributed by atoms with E-state index in [-0.39, 0.29) is 18.6 Å². The van der Waals surface area contributed by atoms with Crippen LogP contribution in [0.2, 0.25) is 5.02 Å². The van der Waals surface area contributed by atoms with Crippen LogP contribution >= 0.6 is 11.6 Å². The van der Waals surface area contributed by atoms with Gasteiger partial charge in [0.05, 0.1) is 19.0 Å². The summed E-state index contributed by atoms with van der Waals surface area (Å²) in [6, 6.07) is 12.5. The summed E-state index contributed by atoms with van der Waals surface area (Å²) in [5.41, 5.74) is 1.75. The Morgan fingerprint density at radius 3 is 2.48 bits per heavy atom. The van der Waals surface area contributed by atoms with E-state index in [0.717, 1.165) is 11.1 Å². The molecule has 0 unspecified atom stereocenters. The minimum Gasteiger partial charge on any atom is -0.508 e. The van der Waals surface area contributed by atoms with Crippen LogP contribution in [-0.4, -0.2) is 12.2 Å². The maximum atomic E-state index is 9.42. The van der Waals surface area contributed by atoms with Crippen molar-refractivity contribution in [1.29, 1.82) is 5.26 Å². The Kier molecular flexibility index (Phi) is 3.72. The lowest BCUT2D eigenvalue weighted by molar-refractivity contribution is 0.413. The van der Waals surface area contributed by atoms with E-state index in [9.17, 15) is 10.4 Å². The van der Waals surface area contributed by atoms with Crippen LogP contribution in [0.25, 0.3) is 0 Å². The molecule has 0 saturated carbocycles. The van der Waals surface area contributed by atoms with E-state index >= 15 is 0 Å². The van der Waals surface area contributed by atoms with Crippen LogP contribution in [0.1, 0.15) is 31.9 Å². The number of ether oxygens (including phenoxy) is 1. The fourth-order valence-electron chi connectivity index (χ4n) is 2.23. The molecule has 0 saturated heterocycles. The normalized spacial score (nSPS) is 11.6. The zero-order chi connectivity index (χ0) is 16.3. The summed E-state index contributed by atoms with van der Waals surface area (Å²) in [5, 5.41) is 19.0.